The monoisotopic (exact) mass is 1000 g/mol. The number of aliphatic hydroxyl groups is 5. The lowest BCUT2D eigenvalue weighted by atomic mass is 9.85. The van der Waals surface area contributed by atoms with E-state index >= 15 is 0 Å². The van der Waals surface area contributed by atoms with Crippen LogP contribution in [-0.4, -0.2) is 114 Å². The zero-order valence-electron chi connectivity index (χ0n) is 40.1. The summed E-state index contributed by atoms with van der Waals surface area (Å²) in [4.78, 5) is 54.3. The summed E-state index contributed by atoms with van der Waals surface area (Å²) in [6.07, 6.45) is 30.0. The Kier molecular flexibility index (Phi) is 36.1. The van der Waals surface area contributed by atoms with Crippen LogP contribution in [0.4, 0.5) is 0 Å². The molecule has 0 spiro atoms. The number of carbonyl (C=O) groups excluding carboxylic acids is 2. The molecule has 1 fully saturated rings. The van der Waals surface area contributed by atoms with E-state index in [1.165, 1.54) is 25.7 Å². The third-order valence-corrected chi connectivity index (χ3v) is 12.1. The van der Waals surface area contributed by atoms with Crippen molar-refractivity contribution in [3.8, 4) is 0 Å². The van der Waals surface area contributed by atoms with Gasteiger partial charge in [-0.05, 0) is 70.6 Å². The van der Waals surface area contributed by atoms with Crippen LogP contribution in [0.3, 0.4) is 0 Å². The SMILES string of the molecule is CC/C=C\C/C=C\CC(O)/C=C/C=C\C/C=C\C/C=C\CCC(=O)OC[C@H](COP(=O)(O)O[C@H]1C(O)C(O)C(O)[C@@H](OP(=O)(O)O)C1O)OC(=O)CCCCCCCCC/C=C\CCCCCC. The molecule has 1 aliphatic rings. The maximum absolute atomic E-state index is 13.0. The molecule has 17 nitrogen and oxygen atoms in total. The molecule has 390 valence electrons. The molecule has 1 saturated carbocycles. The van der Waals surface area contributed by atoms with Crippen molar-refractivity contribution in [2.24, 2.45) is 0 Å². The fourth-order valence-electron chi connectivity index (χ4n) is 6.78. The van der Waals surface area contributed by atoms with Gasteiger partial charge < -0.3 is 49.7 Å². The molecule has 0 saturated heterocycles. The molecule has 6 unspecified atom stereocenters. The first-order valence-electron chi connectivity index (χ1n) is 24.2. The van der Waals surface area contributed by atoms with Crippen LogP contribution in [0.2, 0.25) is 0 Å². The Morgan fingerprint density at radius 2 is 1.10 bits per heavy atom. The number of phosphoric ester groups is 2. The van der Waals surface area contributed by atoms with E-state index in [0.29, 0.717) is 32.1 Å². The van der Waals surface area contributed by atoms with Gasteiger partial charge in [0.05, 0.1) is 12.7 Å². The second kappa shape index (κ2) is 38.8. The van der Waals surface area contributed by atoms with E-state index < -0.39 is 89.6 Å². The highest BCUT2D eigenvalue weighted by Crippen LogP contribution is 2.49. The molecular formula is C49H82O17P2. The zero-order chi connectivity index (χ0) is 50.5. The highest BCUT2D eigenvalue weighted by molar-refractivity contribution is 7.47. The van der Waals surface area contributed by atoms with E-state index in [0.717, 1.165) is 64.2 Å². The van der Waals surface area contributed by atoms with Crippen LogP contribution in [0.1, 0.15) is 149 Å². The quantitative estimate of drug-likeness (QED) is 0.00944. The summed E-state index contributed by atoms with van der Waals surface area (Å²) in [7, 11) is -10.7. The number of hydrogen-bond donors (Lipinski definition) is 8. The highest BCUT2D eigenvalue weighted by Gasteiger charge is 2.54. The maximum atomic E-state index is 13.0. The van der Waals surface area contributed by atoms with Crippen LogP contribution < -0.4 is 0 Å². The highest BCUT2D eigenvalue weighted by atomic mass is 31.2. The van der Waals surface area contributed by atoms with Crippen LogP contribution in [0.5, 0.6) is 0 Å². The molecule has 68 heavy (non-hydrogen) atoms. The van der Waals surface area contributed by atoms with E-state index in [-0.39, 0.29) is 12.8 Å². The van der Waals surface area contributed by atoms with E-state index in [9.17, 15) is 58.9 Å². The number of carbonyl (C=O) groups is 2. The average Bonchev–Trinajstić information content (AvgIpc) is 3.29. The lowest BCUT2D eigenvalue weighted by Gasteiger charge is -2.43. The fraction of sp³-hybridized carbons (Fsp3) is 0.673. The van der Waals surface area contributed by atoms with Crippen molar-refractivity contribution in [1.82, 2.24) is 0 Å². The molecule has 0 radical (unpaired) electrons. The predicted molar refractivity (Wildman–Crippen MR) is 261 cm³/mol. The van der Waals surface area contributed by atoms with Crippen molar-refractivity contribution < 1.29 is 82.0 Å². The summed E-state index contributed by atoms with van der Waals surface area (Å²) in [6.45, 7) is 2.84. The van der Waals surface area contributed by atoms with Gasteiger partial charge in [-0.2, -0.15) is 0 Å². The summed E-state index contributed by atoms with van der Waals surface area (Å²) in [6, 6.07) is 0. The van der Waals surface area contributed by atoms with Gasteiger partial charge in [-0.1, -0.05) is 150 Å². The lowest BCUT2D eigenvalue weighted by molar-refractivity contribution is -0.216. The second-order valence-electron chi connectivity index (χ2n) is 16.6. The summed E-state index contributed by atoms with van der Waals surface area (Å²) >= 11 is 0. The molecular weight excluding hydrogens is 922 g/mol. The Morgan fingerprint density at radius 1 is 0.559 bits per heavy atom. The van der Waals surface area contributed by atoms with E-state index in [2.05, 4.69) is 42.7 Å². The van der Waals surface area contributed by atoms with Crippen molar-refractivity contribution in [3.05, 3.63) is 85.1 Å². The first kappa shape index (κ1) is 63.2. The summed E-state index contributed by atoms with van der Waals surface area (Å²) in [5.41, 5.74) is 0. The third-order valence-electron chi connectivity index (χ3n) is 10.5. The largest absolute Gasteiger partial charge is 0.472 e. The maximum Gasteiger partial charge on any atom is 0.472 e. The van der Waals surface area contributed by atoms with Gasteiger partial charge in [-0.25, -0.2) is 9.13 Å². The zero-order valence-corrected chi connectivity index (χ0v) is 41.9. The Morgan fingerprint density at radius 3 is 1.74 bits per heavy atom. The lowest BCUT2D eigenvalue weighted by Crippen LogP contribution is -2.64. The van der Waals surface area contributed by atoms with E-state index in [1.807, 2.05) is 48.6 Å². The van der Waals surface area contributed by atoms with Gasteiger partial charge in [0.25, 0.3) is 0 Å². The third kappa shape index (κ3) is 32.9. The fourth-order valence-corrected chi connectivity index (χ4v) is 8.32. The molecule has 0 bridgehead atoms. The van der Waals surface area contributed by atoms with Gasteiger partial charge in [0.2, 0.25) is 0 Å². The number of rotatable bonds is 39. The molecule has 0 aromatic carbocycles. The molecule has 1 rings (SSSR count). The van der Waals surface area contributed by atoms with Crippen molar-refractivity contribution in [3.63, 3.8) is 0 Å². The molecule has 1 aliphatic carbocycles. The number of aliphatic hydroxyl groups excluding tert-OH is 5. The van der Waals surface area contributed by atoms with Crippen LogP contribution in [-0.2, 0) is 41.8 Å². The van der Waals surface area contributed by atoms with Crippen molar-refractivity contribution >= 4 is 27.6 Å². The van der Waals surface area contributed by atoms with Crippen LogP contribution in [0.25, 0.3) is 0 Å². The van der Waals surface area contributed by atoms with Crippen LogP contribution in [0, 0.1) is 0 Å². The molecule has 0 aromatic heterocycles. The van der Waals surface area contributed by atoms with Crippen LogP contribution >= 0.6 is 15.6 Å². The Labute approximate surface area is 404 Å². The molecule has 0 aromatic rings. The minimum atomic E-state index is -5.38. The summed E-state index contributed by atoms with van der Waals surface area (Å²) < 4.78 is 49.3. The summed E-state index contributed by atoms with van der Waals surface area (Å²) in [5.74, 6) is -1.34. The van der Waals surface area contributed by atoms with Gasteiger partial charge in [0.1, 0.15) is 43.2 Å². The first-order valence-corrected chi connectivity index (χ1v) is 27.3. The smallest absolute Gasteiger partial charge is 0.462 e. The number of unbranched alkanes of at least 4 members (excludes halogenated alkanes) is 11. The number of allylic oxidation sites excluding steroid dienone is 12. The van der Waals surface area contributed by atoms with Gasteiger partial charge in [-0.3, -0.25) is 23.2 Å². The molecule has 8 N–H and O–H groups in total. The second-order valence-corrected chi connectivity index (χ2v) is 19.2. The standard InChI is InChI=1S/C49H82O17P2/c1-3-5-7-9-11-12-13-14-15-16-17-22-25-29-33-37-43(52)64-41(39-63-68(60,61)66-49-46(55)44(53)45(54)48(47(49)56)65-67(57,58)59)38-62-42(51)36-32-28-24-21-19-18-20-23-27-31-35-40(50)34-30-26-10-8-6-4-2/h6,8,12-13,18-19,23-24,26-28,30-31,35,40-41,44-50,53-56H,3-5,7,9-11,14-17,20-22,25,29,32-34,36-39H2,1-2H3,(H,60,61)(H2,57,58,59)/b8-6-,13-12-,19-18-,27-23-,28-24-,30-26-,35-31+/t40?,41-,44?,45?,46?,47?,48-,49+/m1/s1. The summed E-state index contributed by atoms with van der Waals surface area (Å²) in [5, 5.41) is 51.3. The topological polar surface area (TPSA) is 276 Å². The number of ether oxygens (including phenoxy) is 2. The minimum absolute atomic E-state index is 0.00887. The van der Waals surface area contributed by atoms with Gasteiger partial charge in [-0.15, -0.1) is 0 Å². The normalized spacial score (nSPS) is 22.4. The number of esters is 2. The van der Waals surface area contributed by atoms with Gasteiger partial charge >= 0.3 is 27.6 Å². The molecule has 9 atom stereocenters. The molecule has 0 heterocycles. The molecule has 19 heteroatoms. The van der Waals surface area contributed by atoms with Crippen molar-refractivity contribution in [2.75, 3.05) is 13.2 Å². The minimum Gasteiger partial charge on any atom is -0.462 e. The molecule has 0 aliphatic heterocycles. The van der Waals surface area contributed by atoms with Gasteiger partial charge in [0.15, 0.2) is 6.10 Å². The van der Waals surface area contributed by atoms with E-state index in [1.54, 1.807) is 12.2 Å². The van der Waals surface area contributed by atoms with Gasteiger partial charge in [0, 0.05) is 12.8 Å². The first-order chi connectivity index (χ1) is 32.5. The van der Waals surface area contributed by atoms with Crippen LogP contribution in [0.15, 0.2) is 85.1 Å². The molecule has 0 amide bonds. The van der Waals surface area contributed by atoms with Crippen molar-refractivity contribution in [2.45, 2.75) is 198 Å². The Hall–Kier alpha value is -2.86. The Balaban J connectivity index is 2.66. The average molecular weight is 1010 g/mol. The Bertz CT molecular complexity index is 1650. The van der Waals surface area contributed by atoms with E-state index in [4.69, 9.17) is 18.5 Å². The number of phosphoric acid groups is 2. The predicted octanol–water partition coefficient (Wildman–Crippen LogP) is 8.36. The van der Waals surface area contributed by atoms with Crippen molar-refractivity contribution in [1.29, 1.82) is 0 Å². The number of hydrogen-bond acceptors (Lipinski definition) is 14.